The molecule has 3 heterocycles. The predicted molar refractivity (Wildman–Crippen MR) is 86.3 cm³/mol. The van der Waals surface area contributed by atoms with Gasteiger partial charge in [0.25, 0.3) is 5.91 Å². The molecule has 22 heavy (non-hydrogen) atoms. The van der Waals surface area contributed by atoms with Gasteiger partial charge in [-0.25, -0.2) is 4.98 Å². The number of benzene rings is 1. The summed E-state index contributed by atoms with van der Waals surface area (Å²) in [6.07, 6.45) is 0. The highest BCUT2D eigenvalue weighted by molar-refractivity contribution is 7.17. The Morgan fingerprint density at radius 2 is 2.23 bits per heavy atom. The number of hydrogen-bond acceptors (Lipinski definition) is 6. The molecule has 1 amide bonds. The van der Waals surface area contributed by atoms with E-state index in [0.29, 0.717) is 17.3 Å². The Bertz CT molecular complexity index is 896. The molecule has 1 aromatic carbocycles. The van der Waals surface area contributed by atoms with E-state index < -0.39 is 0 Å². The average molecular weight is 333 g/mol. The average Bonchev–Trinajstić information content (AvgIpc) is 2.95. The lowest BCUT2D eigenvalue weighted by Crippen LogP contribution is -2.25. The zero-order valence-corrected chi connectivity index (χ0v) is 12.7. The van der Waals surface area contributed by atoms with Crippen LogP contribution in [0.3, 0.4) is 0 Å². The molecule has 0 aliphatic carbocycles. The molecule has 0 fully saturated rings. The minimum atomic E-state index is -0.171. The molecule has 2 N–H and O–H groups in total. The summed E-state index contributed by atoms with van der Waals surface area (Å²) in [5.41, 5.74) is 2.19. The highest BCUT2D eigenvalue weighted by Crippen LogP contribution is 2.34. The summed E-state index contributed by atoms with van der Waals surface area (Å²) in [5, 5.41) is 8.09. The third-order valence-corrected chi connectivity index (χ3v) is 4.23. The van der Waals surface area contributed by atoms with Crippen LogP contribution in [-0.2, 0) is 4.79 Å². The number of rotatable bonds is 2. The molecule has 110 valence electrons. The Kier molecular flexibility index (Phi) is 3.09. The highest BCUT2D eigenvalue weighted by Gasteiger charge is 2.16. The van der Waals surface area contributed by atoms with E-state index >= 15 is 0 Å². The number of nitrogens with one attached hydrogen (secondary N) is 2. The molecule has 0 bridgehead atoms. The molecule has 2 aromatic heterocycles. The zero-order valence-electron chi connectivity index (χ0n) is 11.1. The number of halogens is 1. The van der Waals surface area contributed by atoms with Crippen molar-refractivity contribution in [1.82, 2.24) is 9.97 Å². The Balaban J connectivity index is 1.72. The first-order chi connectivity index (χ1) is 10.7. The van der Waals surface area contributed by atoms with Gasteiger partial charge in [-0.2, -0.15) is 4.98 Å². The normalized spacial score (nSPS) is 13.4. The predicted octanol–water partition coefficient (Wildman–Crippen LogP) is 3.42. The van der Waals surface area contributed by atoms with Crippen LogP contribution >= 0.6 is 22.9 Å². The summed E-state index contributed by atoms with van der Waals surface area (Å²) in [6.45, 7) is 0.0388. The Morgan fingerprint density at radius 3 is 3.14 bits per heavy atom. The third-order valence-electron chi connectivity index (χ3n) is 3.15. The highest BCUT2D eigenvalue weighted by atomic mass is 35.5. The van der Waals surface area contributed by atoms with Gasteiger partial charge < -0.3 is 15.4 Å². The summed E-state index contributed by atoms with van der Waals surface area (Å²) in [5.74, 6) is 1.11. The van der Waals surface area contributed by atoms with Crippen LogP contribution in [0.5, 0.6) is 5.75 Å². The Morgan fingerprint density at radius 1 is 1.32 bits per heavy atom. The van der Waals surface area contributed by atoms with E-state index in [-0.39, 0.29) is 17.8 Å². The first kappa shape index (κ1) is 13.3. The maximum absolute atomic E-state index is 11.4. The minimum Gasteiger partial charge on any atom is -0.482 e. The van der Waals surface area contributed by atoms with Crippen LogP contribution in [0.1, 0.15) is 0 Å². The van der Waals surface area contributed by atoms with E-state index in [1.807, 2.05) is 17.5 Å². The van der Waals surface area contributed by atoms with E-state index in [4.69, 9.17) is 16.3 Å². The van der Waals surface area contributed by atoms with Crippen molar-refractivity contribution in [3.63, 3.8) is 0 Å². The van der Waals surface area contributed by atoms with Crippen LogP contribution in [0, 0.1) is 0 Å². The molecule has 0 spiro atoms. The van der Waals surface area contributed by atoms with Gasteiger partial charge in [0.2, 0.25) is 5.28 Å². The Hall–Kier alpha value is -2.38. The van der Waals surface area contributed by atoms with Crippen molar-refractivity contribution in [3.8, 4) is 5.75 Å². The number of carbonyl (C=O) groups excluding carboxylic acids is 1. The van der Waals surface area contributed by atoms with Crippen molar-refractivity contribution < 1.29 is 9.53 Å². The van der Waals surface area contributed by atoms with Gasteiger partial charge in [-0.3, -0.25) is 4.79 Å². The van der Waals surface area contributed by atoms with E-state index in [1.165, 1.54) is 11.3 Å². The Labute approximate surface area is 134 Å². The summed E-state index contributed by atoms with van der Waals surface area (Å²) in [6, 6.07) is 7.33. The number of hydrogen-bond donors (Lipinski definition) is 2. The van der Waals surface area contributed by atoms with Gasteiger partial charge in [0.1, 0.15) is 5.75 Å². The van der Waals surface area contributed by atoms with Gasteiger partial charge in [0.05, 0.1) is 15.9 Å². The van der Waals surface area contributed by atoms with E-state index in [1.54, 1.807) is 12.1 Å². The molecule has 3 aromatic rings. The summed E-state index contributed by atoms with van der Waals surface area (Å²) in [7, 11) is 0. The van der Waals surface area contributed by atoms with E-state index in [2.05, 4.69) is 20.6 Å². The molecule has 8 heteroatoms. The van der Waals surface area contributed by atoms with Crippen molar-refractivity contribution >= 4 is 56.3 Å². The molecule has 1 aliphatic heterocycles. The fraction of sp³-hybridized carbons (Fsp3) is 0.0714. The zero-order chi connectivity index (χ0) is 15.1. The molecule has 6 nitrogen and oxygen atoms in total. The van der Waals surface area contributed by atoms with Crippen LogP contribution in [0.15, 0.2) is 29.6 Å². The second kappa shape index (κ2) is 5.11. The topological polar surface area (TPSA) is 76.1 Å². The molecular weight excluding hydrogens is 324 g/mol. The van der Waals surface area contributed by atoms with Crippen molar-refractivity contribution in [1.29, 1.82) is 0 Å². The number of nitrogens with zero attached hydrogens (tertiary/aromatic N) is 2. The van der Waals surface area contributed by atoms with Crippen molar-refractivity contribution in [2.75, 3.05) is 17.2 Å². The van der Waals surface area contributed by atoms with Crippen molar-refractivity contribution in [2.45, 2.75) is 0 Å². The second-order valence-electron chi connectivity index (χ2n) is 4.65. The maximum Gasteiger partial charge on any atom is 0.262 e. The van der Waals surface area contributed by atoms with Crippen LogP contribution < -0.4 is 15.4 Å². The fourth-order valence-electron chi connectivity index (χ4n) is 2.22. The quantitative estimate of drug-likeness (QED) is 0.703. The van der Waals surface area contributed by atoms with Gasteiger partial charge in [-0.1, -0.05) is 0 Å². The standard InChI is InChI=1S/C14H9ClN4O2S/c15-14-18-8-3-4-22-12(8)13(19-14)16-7-1-2-10-9(5-7)17-11(20)6-21-10/h1-5H,6H2,(H,17,20)(H,16,18,19). The van der Waals surface area contributed by atoms with E-state index in [9.17, 15) is 4.79 Å². The third kappa shape index (κ3) is 2.34. The number of thiophene rings is 1. The second-order valence-corrected chi connectivity index (χ2v) is 5.90. The van der Waals surface area contributed by atoms with Gasteiger partial charge >= 0.3 is 0 Å². The number of anilines is 3. The van der Waals surface area contributed by atoms with Gasteiger partial charge in [-0.05, 0) is 41.2 Å². The minimum absolute atomic E-state index is 0.0388. The summed E-state index contributed by atoms with van der Waals surface area (Å²) in [4.78, 5) is 19.8. The monoisotopic (exact) mass is 332 g/mol. The molecule has 0 unspecified atom stereocenters. The smallest absolute Gasteiger partial charge is 0.262 e. The molecule has 4 rings (SSSR count). The molecule has 0 saturated heterocycles. The van der Waals surface area contributed by atoms with E-state index in [0.717, 1.165) is 15.9 Å². The lowest BCUT2D eigenvalue weighted by molar-refractivity contribution is -0.118. The van der Waals surface area contributed by atoms with Crippen molar-refractivity contribution in [3.05, 3.63) is 34.9 Å². The number of amides is 1. The lowest BCUT2D eigenvalue weighted by atomic mass is 10.2. The SMILES string of the molecule is O=C1COc2ccc(Nc3nc(Cl)nc4ccsc34)cc2N1. The van der Waals surface area contributed by atoms with Crippen LogP contribution in [0.25, 0.3) is 10.2 Å². The van der Waals surface area contributed by atoms with Gasteiger partial charge in [0.15, 0.2) is 12.4 Å². The lowest BCUT2D eigenvalue weighted by Gasteiger charge is -2.18. The summed E-state index contributed by atoms with van der Waals surface area (Å²) < 4.78 is 6.25. The first-order valence-electron chi connectivity index (χ1n) is 6.43. The summed E-state index contributed by atoms with van der Waals surface area (Å²) >= 11 is 7.48. The van der Waals surface area contributed by atoms with Crippen LogP contribution in [0.4, 0.5) is 17.2 Å². The van der Waals surface area contributed by atoms with Crippen molar-refractivity contribution in [2.24, 2.45) is 0 Å². The molecular formula is C14H9ClN4O2S. The largest absolute Gasteiger partial charge is 0.482 e. The molecule has 0 radical (unpaired) electrons. The molecule has 1 aliphatic rings. The molecule has 0 atom stereocenters. The fourth-order valence-corrected chi connectivity index (χ4v) is 3.17. The molecule has 0 saturated carbocycles. The van der Waals surface area contributed by atoms with Crippen LogP contribution in [-0.4, -0.2) is 22.5 Å². The van der Waals surface area contributed by atoms with Crippen LogP contribution in [0.2, 0.25) is 5.28 Å². The number of ether oxygens (including phenoxy) is 1. The number of aromatic nitrogens is 2. The number of carbonyl (C=O) groups is 1. The number of fused-ring (bicyclic) bond motifs is 2. The van der Waals surface area contributed by atoms with Gasteiger partial charge in [0, 0.05) is 5.69 Å². The first-order valence-corrected chi connectivity index (χ1v) is 7.69. The maximum atomic E-state index is 11.4. The van der Waals surface area contributed by atoms with Gasteiger partial charge in [-0.15, -0.1) is 11.3 Å².